The van der Waals surface area contributed by atoms with Crippen molar-refractivity contribution in [3.8, 4) is 11.5 Å². The molecule has 0 saturated heterocycles. The van der Waals surface area contributed by atoms with Crippen molar-refractivity contribution in [2.24, 2.45) is 5.92 Å². The minimum absolute atomic E-state index is 0.0308. The Hall–Kier alpha value is -3.55. The Morgan fingerprint density at radius 2 is 1.85 bits per heavy atom. The van der Waals surface area contributed by atoms with Crippen LogP contribution in [0, 0.1) is 17.1 Å². The first-order chi connectivity index (χ1) is 18.8. The van der Waals surface area contributed by atoms with Crippen LogP contribution in [0.1, 0.15) is 52.4 Å². The Morgan fingerprint density at radius 1 is 1.10 bits per heavy atom. The standard InChI is InChI=1S/C30H26Cl2FNO5/c1-37-30(36)18-8-11-25-17(13-18)7-12-26(39-25)20-10-9-19(14-24(20)33)38-15-21(29(35)16-5-6-16)28(34)27-22(31)3-2-4-23(27)32/h2-4,8-11,13-14,16,26,34-35H,5-7,12,15H2,1H3/b29-21-,34-28?. The van der Waals surface area contributed by atoms with E-state index in [0.29, 0.717) is 45.3 Å². The maximum Gasteiger partial charge on any atom is 0.337 e. The first-order valence-corrected chi connectivity index (χ1v) is 13.3. The zero-order chi connectivity index (χ0) is 27.7. The van der Waals surface area contributed by atoms with Crippen LogP contribution in [0.2, 0.25) is 10.0 Å². The molecule has 2 N–H and O–H groups in total. The lowest BCUT2D eigenvalue weighted by atomic mass is 9.96. The molecule has 3 aromatic rings. The summed E-state index contributed by atoms with van der Waals surface area (Å²) in [5, 5.41) is 20.1. The molecule has 2 aliphatic rings. The molecule has 0 aromatic heterocycles. The average molecular weight is 570 g/mol. The number of aliphatic hydroxyl groups excluding tert-OH is 1. The molecular weight excluding hydrogens is 544 g/mol. The number of rotatable bonds is 8. The molecule has 0 amide bonds. The first kappa shape index (κ1) is 27.0. The molecule has 1 atom stereocenters. The SMILES string of the molecule is COC(=O)c1ccc2c(c1)CCC(c1ccc(OC/C(C(=N)c3c(Cl)cccc3Cl)=C(/O)C3CC3)cc1F)O2. The van der Waals surface area contributed by atoms with E-state index < -0.39 is 17.9 Å². The number of carbonyl (C=O) groups is 1. The van der Waals surface area contributed by atoms with Crippen LogP contribution in [0.5, 0.6) is 11.5 Å². The lowest BCUT2D eigenvalue weighted by Gasteiger charge is -2.27. The van der Waals surface area contributed by atoms with Crippen LogP contribution in [0.25, 0.3) is 0 Å². The predicted octanol–water partition coefficient (Wildman–Crippen LogP) is 7.65. The van der Waals surface area contributed by atoms with Crippen molar-refractivity contribution in [1.82, 2.24) is 0 Å². The number of aryl methyl sites for hydroxylation is 1. The summed E-state index contributed by atoms with van der Waals surface area (Å²) >= 11 is 12.6. The molecule has 1 fully saturated rings. The molecule has 1 saturated carbocycles. The number of allylic oxidation sites excluding steroid dienone is 1. The third-order valence-electron chi connectivity index (χ3n) is 6.92. The van der Waals surface area contributed by atoms with E-state index in [2.05, 4.69) is 0 Å². The molecule has 1 aliphatic heterocycles. The lowest BCUT2D eigenvalue weighted by Crippen LogP contribution is -2.18. The van der Waals surface area contributed by atoms with Gasteiger partial charge in [0.15, 0.2) is 0 Å². The van der Waals surface area contributed by atoms with Crippen LogP contribution in [0.15, 0.2) is 65.9 Å². The highest BCUT2D eigenvalue weighted by atomic mass is 35.5. The molecular formula is C30H26Cl2FNO5. The fraction of sp³-hybridized carbons (Fsp3) is 0.267. The monoisotopic (exact) mass is 569 g/mol. The minimum atomic E-state index is -0.500. The van der Waals surface area contributed by atoms with E-state index in [1.165, 1.54) is 13.2 Å². The van der Waals surface area contributed by atoms with E-state index in [1.54, 1.807) is 48.5 Å². The second-order valence-electron chi connectivity index (χ2n) is 9.54. The van der Waals surface area contributed by atoms with Gasteiger partial charge in [-0.25, -0.2) is 9.18 Å². The highest BCUT2D eigenvalue weighted by Gasteiger charge is 2.31. The van der Waals surface area contributed by atoms with Gasteiger partial charge < -0.3 is 19.3 Å². The summed E-state index contributed by atoms with van der Waals surface area (Å²) in [4.78, 5) is 11.8. The number of hydrogen-bond donors (Lipinski definition) is 2. The number of ether oxygens (including phenoxy) is 3. The van der Waals surface area contributed by atoms with Crippen LogP contribution in [-0.4, -0.2) is 30.5 Å². The van der Waals surface area contributed by atoms with Gasteiger partial charge in [-0.05, 0) is 73.7 Å². The van der Waals surface area contributed by atoms with E-state index in [4.69, 9.17) is 42.8 Å². The van der Waals surface area contributed by atoms with Crippen LogP contribution in [0.3, 0.4) is 0 Å². The molecule has 202 valence electrons. The van der Waals surface area contributed by atoms with Gasteiger partial charge in [0.1, 0.15) is 35.8 Å². The van der Waals surface area contributed by atoms with Gasteiger partial charge in [-0.15, -0.1) is 0 Å². The molecule has 0 radical (unpaired) electrons. The number of benzene rings is 3. The van der Waals surface area contributed by atoms with Crippen LogP contribution in [-0.2, 0) is 11.2 Å². The first-order valence-electron chi connectivity index (χ1n) is 12.5. The molecule has 1 unspecified atom stereocenters. The fourth-order valence-corrected chi connectivity index (χ4v) is 5.22. The van der Waals surface area contributed by atoms with Crippen molar-refractivity contribution in [2.45, 2.75) is 31.8 Å². The van der Waals surface area contributed by atoms with Crippen molar-refractivity contribution in [1.29, 1.82) is 5.41 Å². The van der Waals surface area contributed by atoms with E-state index in [-0.39, 0.29) is 35.3 Å². The maximum atomic E-state index is 15.2. The van der Waals surface area contributed by atoms with Gasteiger partial charge in [-0.3, -0.25) is 5.41 Å². The number of methoxy groups -OCH3 is 1. The van der Waals surface area contributed by atoms with Crippen molar-refractivity contribution < 1.29 is 28.5 Å². The number of nitrogens with one attached hydrogen (secondary N) is 1. The summed E-state index contributed by atoms with van der Waals surface area (Å²) in [6, 6.07) is 14.5. The molecule has 0 bridgehead atoms. The Balaban J connectivity index is 1.31. The van der Waals surface area contributed by atoms with Crippen LogP contribution < -0.4 is 9.47 Å². The van der Waals surface area contributed by atoms with Gasteiger partial charge in [0.05, 0.1) is 34.0 Å². The van der Waals surface area contributed by atoms with Crippen LogP contribution >= 0.6 is 23.2 Å². The summed E-state index contributed by atoms with van der Waals surface area (Å²) in [7, 11) is 1.33. The van der Waals surface area contributed by atoms with Gasteiger partial charge in [-0.1, -0.05) is 29.3 Å². The zero-order valence-corrected chi connectivity index (χ0v) is 22.6. The molecule has 5 rings (SSSR count). The van der Waals surface area contributed by atoms with E-state index in [0.717, 1.165) is 18.4 Å². The summed E-state index contributed by atoms with van der Waals surface area (Å²) in [5.74, 6) is -0.0458. The molecule has 1 heterocycles. The highest BCUT2D eigenvalue weighted by molar-refractivity contribution is 6.41. The Morgan fingerprint density at radius 3 is 2.51 bits per heavy atom. The van der Waals surface area contributed by atoms with E-state index in [1.807, 2.05) is 0 Å². The third kappa shape index (κ3) is 5.75. The summed E-state index contributed by atoms with van der Waals surface area (Å²) < 4.78 is 31.9. The van der Waals surface area contributed by atoms with Gasteiger partial charge >= 0.3 is 5.97 Å². The number of halogens is 3. The Labute approximate surface area is 235 Å². The molecule has 0 spiro atoms. The zero-order valence-electron chi connectivity index (χ0n) is 21.1. The highest BCUT2D eigenvalue weighted by Crippen LogP contribution is 2.39. The van der Waals surface area contributed by atoms with Crippen molar-refractivity contribution in [3.05, 3.63) is 104 Å². The van der Waals surface area contributed by atoms with Gasteiger partial charge in [0.2, 0.25) is 0 Å². The van der Waals surface area contributed by atoms with Gasteiger partial charge in [0.25, 0.3) is 0 Å². The Kier molecular flexibility index (Phi) is 7.82. The van der Waals surface area contributed by atoms with Crippen molar-refractivity contribution in [3.63, 3.8) is 0 Å². The second-order valence-corrected chi connectivity index (χ2v) is 10.4. The minimum Gasteiger partial charge on any atom is -0.512 e. The fourth-order valence-electron chi connectivity index (χ4n) is 4.63. The molecule has 9 heteroatoms. The van der Waals surface area contributed by atoms with E-state index in [9.17, 15) is 9.90 Å². The van der Waals surface area contributed by atoms with Crippen molar-refractivity contribution >= 4 is 34.9 Å². The van der Waals surface area contributed by atoms with Gasteiger partial charge in [-0.2, -0.15) is 0 Å². The molecule has 1 aliphatic carbocycles. The summed E-state index contributed by atoms with van der Waals surface area (Å²) in [5.41, 5.74) is 2.23. The number of aliphatic hydroxyl groups is 1. The number of fused-ring (bicyclic) bond motifs is 1. The van der Waals surface area contributed by atoms with Gasteiger partial charge in [0, 0.05) is 23.1 Å². The largest absolute Gasteiger partial charge is 0.512 e. The third-order valence-corrected chi connectivity index (χ3v) is 7.55. The Bertz CT molecular complexity index is 1460. The summed E-state index contributed by atoms with van der Waals surface area (Å²) in [6.45, 7) is -0.155. The average Bonchev–Trinajstić information content (AvgIpc) is 3.78. The maximum absolute atomic E-state index is 15.2. The normalized spacial score (nSPS) is 17.0. The number of esters is 1. The lowest BCUT2D eigenvalue weighted by molar-refractivity contribution is 0.0600. The predicted molar refractivity (Wildman–Crippen MR) is 147 cm³/mol. The molecule has 39 heavy (non-hydrogen) atoms. The van der Waals surface area contributed by atoms with Crippen molar-refractivity contribution in [2.75, 3.05) is 13.7 Å². The second kappa shape index (κ2) is 11.3. The van der Waals surface area contributed by atoms with E-state index >= 15 is 4.39 Å². The number of hydrogen-bond acceptors (Lipinski definition) is 6. The summed E-state index contributed by atoms with van der Waals surface area (Å²) in [6.07, 6.45) is 2.28. The quantitative estimate of drug-likeness (QED) is 0.165. The molecule has 6 nitrogen and oxygen atoms in total. The van der Waals surface area contributed by atoms with Crippen LogP contribution in [0.4, 0.5) is 4.39 Å². The number of carbonyl (C=O) groups excluding carboxylic acids is 1. The topological polar surface area (TPSA) is 88.8 Å². The smallest absolute Gasteiger partial charge is 0.337 e. The molecule has 3 aromatic carbocycles.